The van der Waals surface area contributed by atoms with Gasteiger partial charge in [0.1, 0.15) is 0 Å². The third-order valence-corrected chi connectivity index (χ3v) is 2.34. The van der Waals surface area contributed by atoms with E-state index in [0.29, 0.717) is 15.2 Å². The molecule has 4 heteroatoms. The Morgan fingerprint density at radius 2 is 1.50 bits per heavy atom. The van der Waals surface area contributed by atoms with Gasteiger partial charge in [-0.15, -0.1) is 0 Å². The zero-order valence-corrected chi connectivity index (χ0v) is 10.4. The molecule has 0 saturated carbocycles. The quantitative estimate of drug-likeness (QED) is 0.336. The molecular formula is C6H15AlNaO2. The Kier molecular flexibility index (Phi) is 18.3. The van der Waals surface area contributed by atoms with Crippen molar-refractivity contribution in [2.45, 2.75) is 10.6 Å². The predicted molar refractivity (Wildman–Crippen MR) is 40.2 cm³/mol. The minimum absolute atomic E-state index is 0. The molecule has 0 rings (SSSR count). The Bertz CT molecular complexity index is 53.8. The summed E-state index contributed by atoms with van der Waals surface area (Å²) in [5.74, 6) is 0. The summed E-state index contributed by atoms with van der Waals surface area (Å²) in [6, 6.07) is 0. The van der Waals surface area contributed by atoms with Crippen molar-refractivity contribution in [3.63, 3.8) is 0 Å². The van der Waals surface area contributed by atoms with E-state index >= 15 is 0 Å². The maximum Gasteiger partial charge on any atom is 1.00 e. The summed E-state index contributed by atoms with van der Waals surface area (Å²) in [6.07, 6.45) is 0. The van der Waals surface area contributed by atoms with Gasteiger partial charge in [-0.25, -0.2) is 0 Å². The zero-order chi connectivity index (χ0) is 6.95. The molecule has 0 spiro atoms. The van der Waals surface area contributed by atoms with Crippen LogP contribution < -0.4 is 29.6 Å². The van der Waals surface area contributed by atoms with Gasteiger partial charge in [0.25, 0.3) is 0 Å². The second kappa shape index (κ2) is 13.1. The van der Waals surface area contributed by atoms with Crippen molar-refractivity contribution in [1.29, 1.82) is 0 Å². The second-order valence-electron chi connectivity index (χ2n) is 1.85. The summed E-state index contributed by atoms with van der Waals surface area (Å²) >= 11 is 0.568. The third-order valence-electron chi connectivity index (χ3n) is 1.05. The van der Waals surface area contributed by atoms with Gasteiger partial charge < -0.3 is 10.9 Å². The molecule has 0 aliphatic heterocycles. The summed E-state index contributed by atoms with van der Waals surface area (Å²) < 4.78 is 9.80. The minimum atomic E-state index is 0. The SMILES string of the molecule is COC[CH2][Al][CH2]COC.[H-].[Na+]. The average molecular weight is 169 g/mol. The Hall–Kier alpha value is 1.45. The van der Waals surface area contributed by atoms with Gasteiger partial charge in [-0.3, -0.25) is 0 Å². The van der Waals surface area contributed by atoms with Crippen LogP contribution in [0, 0.1) is 0 Å². The van der Waals surface area contributed by atoms with Gasteiger partial charge in [-0.05, 0) is 0 Å². The number of ether oxygens (including phenoxy) is 2. The largest absolute Gasteiger partial charge is 1.00 e. The van der Waals surface area contributed by atoms with Gasteiger partial charge in [-0.1, -0.05) is 10.6 Å². The van der Waals surface area contributed by atoms with Crippen molar-refractivity contribution in [2.75, 3.05) is 27.4 Å². The topological polar surface area (TPSA) is 18.5 Å². The van der Waals surface area contributed by atoms with Crippen LogP contribution in [0.3, 0.4) is 0 Å². The molecule has 2 nitrogen and oxygen atoms in total. The Morgan fingerprint density at radius 1 is 1.10 bits per heavy atom. The van der Waals surface area contributed by atoms with Gasteiger partial charge >= 0.3 is 29.6 Å². The van der Waals surface area contributed by atoms with E-state index < -0.39 is 0 Å². The van der Waals surface area contributed by atoms with Crippen molar-refractivity contribution in [3.8, 4) is 0 Å². The van der Waals surface area contributed by atoms with E-state index in [-0.39, 0.29) is 31.0 Å². The van der Waals surface area contributed by atoms with E-state index in [1.807, 2.05) is 0 Å². The van der Waals surface area contributed by atoms with Gasteiger partial charge in [0.15, 0.2) is 0 Å². The third kappa shape index (κ3) is 12.2. The van der Waals surface area contributed by atoms with E-state index in [2.05, 4.69) is 0 Å². The normalized spacial score (nSPS) is 8.60. The molecule has 0 unspecified atom stereocenters. The van der Waals surface area contributed by atoms with E-state index in [1.165, 1.54) is 10.6 Å². The first-order valence-corrected chi connectivity index (χ1v) is 4.84. The fourth-order valence-corrected chi connectivity index (χ4v) is 1.64. The van der Waals surface area contributed by atoms with Crippen LogP contribution in [0.5, 0.6) is 0 Å². The van der Waals surface area contributed by atoms with Crippen LogP contribution in [0.1, 0.15) is 1.43 Å². The van der Waals surface area contributed by atoms with Gasteiger partial charge in [0.2, 0.25) is 15.2 Å². The minimum Gasteiger partial charge on any atom is -1.00 e. The van der Waals surface area contributed by atoms with E-state index in [4.69, 9.17) is 9.47 Å². The molecule has 0 aromatic heterocycles. The maximum absolute atomic E-state index is 4.90. The standard InChI is InChI=1S/2C3H7O.Al.Na.H/c2*1-3-4-2;;;/h2*1,3H2,2H3;;;/q;;;+1;-1. The first-order valence-electron chi connectivity index (χ1n) is 3.21. The van der Waals surface area contributed by atoms with E-state index in [0.717, 1.165) is 13.2 Å². The summed E-state index contributed by atoms with van der Waals surface area (Å²) in [5.41, 5.74) is 0. The molecule has 0 amide bonds. The molecule has 0 aromatic carbocycles. The fraction of sp³-hybridized carbons (Fsp3) is 1.00. The number of hydrogen-bond donors (Lipinski definition) is 0. The summed E-state index contributed by atoms with van der Waals surface area (Å²) in [4.78, 5) is 0. The van der Waals surface area contributed by atoms with Crippen molar-refractivity contribution >= 4 is 15.2 Å². The van der Waals surface area contributed by atoms with Crippen molar-refractivity contribution in [3.05, 3.63) is 0 Å². The number of hydrogen-bond acceptors (Lipinski definition) is 2. The summed E-state index contributed by atoms with van der Waals surface area (Å²) in [5, 5.41) is 2.47. The molecule has 0 fully saturated rings. The van der Waals surface area contributed by atoms with Crippen LogP contribution in [0.2, 0.25) is 10.6 Å². The van der Waals surface area contributed by atoms with Crippen molar-refractivity contribution in [1.82, 2.24) is 0 Å². The van der Waals surface area contributed by atoms with Crippen LogP contribution in [0.25, 0.3) is 0 Å². The number of methoxy groups -OCH3 is 2. The first kappa shape index (κ1) is 14.0. The van der Waals surface area contributed by atoms with Crippen LogP contribution in [0.4, 0.5) is 0 Å². The van der Waals surface area contributed by atoms with Gasteiger partial charge in [0.05, 0.1) is 0 Å². The molecule has 0 heterocycles. The zero-order valence-electron chi connectivity index (χ0n) is 8.22. The van der Waals surface area contributed by atoms with Crippen LogP contribution in [-0.4, -0.2) is 42.7 Å². The van der Waals surface area contributed by atoms with Crippen LogP contribution in [0.15, 0.2) is 0 Å². The van der Waals surface area contributed by atoms with Gasteiger partial charge in [0, 0.05) is 27.4 Å². The first-order chi connectivity index (χ1) is 4.41. The maximum atomic E-state index is 4.90. The molecule has 10 heavy (non-hydrogen) atoms. The fourth-order valence-electron chi connectivity index (χ4n) is 0.547. The van der Waals surface area contributed by atoms with Crippen molar-refractivity contribution in [2.24, 2.45) is 0 Å². The molecular weight excluding hydrogens is 154 g/mol. The van der Waals surface area contributed by atoms with E-state index in [9.17, 15) is 0 Å². The van der Waals surface area contributed by atoms with Crippen LogP contribution in [-0.2, 0) is 9.47 Å². The molecule has 0 N–H and O–H groups in total. The average Bonchev–Trinajstić information content (AvgIpc) is 1.89. The summed E-state index contributed by atoms with van der Waals surface area (Å²) in [7, 11) is 3.49. The molecule has 0 aromatic rings. The second-order valence-corrected chi connectivity index (χ2v) is 3.58. The molecule has 1 radical (unpaired) electrons. The summed E-state index contributed by atoms with van der Waals surface area (Å²) in [6.45, 7) is 1.83. The predicted octanol–water partition coefficient (Wildman–Crippen LogP) is -2.06. The van der Waals surface area contributed by atoms with Crippen molar-refractivity contribution < 1.29 is 40.5 Å². The molecule has 0 aliphatic carbocycles. The van der Waals surface area contributed by atoms with Gasteiger partial charge in [-0.2, -0.15) is 0 Å². The van der Waals surface area contributed by atoms with E-state index in [1.54, 1.807) is 14.2 Å². The monoisotopic (exact) mass is 169 g/mol. The molecule has 0 bridgehead atoms. The Labute approximate surface area is 93.1 Å². The molecule has 0 saturated heterocycles. The Morgan fingerprint density at radius 3 is 1.80 bits per heavy atom. The molecule has 0 atom stereocenters. The molecule has 55 valence electrons. The van der Waals surface area contributed by atoms with Crippen LogP contribution >= 0.6 is 0 Å². The molecule has 0 aliphatic rings. The smallest absolute Gasteiger partial charge is 1.00 e. The number of rotatable bonds is 6. The Balaban J connectivity index is -0.000000320.